The van der Waals surface area contributed by atoms with Crippen molar-refractivity contribution in [2.24, 2.45) is 0 Å². The van der Waals surface area contributed by atoms with E-state index in [2.05, 4.69) is 48.3 Å². The van der Waals surface area contributed by atoms with Crippen LogP contribution in [0, 0.1) is 6.92 Å². The average Bonchev–Trinajstić information content (AvgIpc) is 3.39. The first kappa shape index (κ1) is 19.7. The molecule has 1 unspecified atom stereocenters. The third-order valence-electron chi connectivity index (χ3n) is 6.89. The summed E-state index contributed by atoms with van der Waals surface area (Å²) in [4.78, 5) is 20.6. The summed E-state index contributed by atoms with van der Waals surface area (Å²) in [5, 5.41) is 4.52. The lowest BCUT2D eigenvalue weighted by molar-refractivity contribution is 0.0936. The largest absolute Gasteiger partial charge is 0.345 e. The smallest absolute Gasteiger partial charge is 0.252 e. The molecule has 1 amide bonds. The topological polar surface area (TPSA) is 45.2 Å². The predicted molar refractivity (Wildman–Crippen MR) is 123 cm³/mol. The lowest BCUT2D eigenvalue weighted by atomic mass is 9.97. The Balaban J connectivity index is 1.37. The van der Waals surface area contributed by atoms with E-state index in [0.717, 1.165) is 49.1 Å². The molecule has 1 fully saturated rings. The van der Waals surface area contributed by atoms with Gasteiger partial charge in [-0.3, -0.25) is 4.79 Å². The van der Waals surface area contributed by atoms with Crippen molar-refractivity contribution in [2.45, 2.75) is 51.5 Å². The summed E-state index contributed by atoms with van der Waals surface area (Å²) < 4.78 is 1.17. The van der Waals surface area contributed by atoms with Crippen molar-refractivity contribution >= 4 is 27.5 Å². The van der Waals surface area contributed by atoms with Gasteiger partial charge in [0, 0.05) is 11.5 Å². The molecule has 2 aromatic carbocycles. The highest BCUT2D eigenvalue weighted by atomic mass is 32.1. The Hall–Kier alpha value is -2.24. The molecule has 3 aromatic rings. The fraction of sp³-hybridized carbons (Fsp3) is 0.440. The van der Waals surface area contributed by atoms with Crippen molar-refractivity contribution in [3.8, 4) is 0 Å². The summed E-state index contributed by atoms with van der Waals surface area (Å²) in [6, 6.07) is 12.5. The van der Waals surface area contributed by atoms with Crippen molar-refractivity contribution in [1.82, 2.24) is 15.2 Å². The van der Waals surface area contributed by atoms with E-state index >= 15 is 0 Å². The molecule has 0 saturated carbocycles. The average molecular weight is 420 g/mol. The maximum absolute atomic E-state index is 13.1. The highest BCUT2D eigenvalue weighted by Crippen LogP contribution is 2.36. The summed E-state index contributed by atoms with van der Waals surface area (Å²) in [6.07, 6.45) is 4.38. The molecular formula is C25H29N3OS. The number of rotatable bonds is 4. The molecule has 1 aliphatic heterocycles. The second-order valence-electron chi connectivity index (χ2n) is 8.61. The molecule has 30 heavy (non-hydrogen) atoms. The molecule has 1 aliphatic carbocycles. The molecule has 156 valence electrons. The number of fused-ring (bicyclic) bond motifs is 2. The van der Waals surface area contributed by atoms with Crippen molar-refractivity contribution in [3.63, 3.8) is 0 Å². The summed E-state index contributed by atoms with van der Waals surface area (Å²) in [5.74, 6) is 0.583. The maximum atomic E-state index is 13.1. The normalized spacial score (nSPS) is 19.9. The van der Waals surface area contributed by atoms with Gasteiger partial charge >= 0.3 is 0 Å². The van der Waals surface area contributed by atoms with Crippen LogP contribution in [0.3, 0.4) is 0 Å². The van der Waals surface area contributed by atoms with Gasteiger partial charge in [-0.2, -0.15) is 0 Å². The Morgan fingerprint density at radius 3 is 2.77 bits per heavy atom. The van der Waals surface area contributed by atoms with Crippen LogP contribution in [-0.4, -0.2) is 35.4 Å². The van der Waals surface area contributed by atoms with E-state index in [1.165, 1.54) is 33.7 Å². The van der Waals surface area contributed by atoms with E-state index in [9.17, 15) is 4.79 Å². The van der Waals surface area contributed by atoms with Gasteiger partial charge in [0.25, 0.3) is 5.91 Å². The monoisotopic (exact) mass is 419 g/mol. The molecule has 0 radical (unpaired) electrons. The van der Waals surface area contributed by atoms with E-state index in [-0.39, 0.29) is 11.9 Å². The minimum absolute atomic E-state index is 0.0299. The van der Waals surface area contributed by atoms with Gasteiger partial charge in [0.05, 0.1) is 21.3 Å². The third-order valence-corrected chi connectivity index (χ3v) is 8.24. The summed E-state index contributed by atoms with van der Waals surface area (Å²) in [6.45, 7) is 7.76. The van der Waals surface area contributed by atoms with Crippen molar-refractivity contribution in [3.05, 3.63) is 63.7 Å². The second-order valence-corrected chi connectivity index (χ2v) is 9.64. The molecule has 0 spiro atoms. The van der Waals surface area contributed by atoms with Gasteiger partial charge in [0.1, 0.15) is 0 Å². The van der Waals surface area contributed by atoms with E-state index in [4.69, 9.17) is 4.98 Å². The number of carbonyl (C=O) groups is 1. The molecule has 1 N–H and O–H groups in total. The number of thiazole rings is 1. The number of aryl methyl sites for hydroxylation is 2. The van der Waals surface area contributed by atoms with Crippen LogP contribution in [0.2, 0.25) is 0 Å². The van der Waals surface area contributed by atoms with Crippen LogP contribution >= 0.6 is 11.3 Å². The van der Waals surface area contributed by atoms with Crippen LogP contribution in [0.15, 0.2) is 36.4 Å². The Kier molecular flexibility index (Phi) is 5.34. The van der Waals surface area contributed by atoms with Crippen molar-refractivity contribution in [1.29, 1.82) is 0 Å². The summed E-state index contributed by atoms with van der Waals surface area (Å²) in [7, 11) is 0. The van der Waals surface area contributed by atoms with Crippen LogP contribution < -0.4 is 5.32 Å². The fourth-order valence-electron chi connectivity index (χ4n) is 5.00. The first-order valence-corrected chi connectivity index (χ1v) is 12.0. The number of carbonyl (C=O) groups excluding carboxylic acids is 1. The quantitative estimate of drug-likeness (QED) is 0.630. The Labute approximate surface area is 182 Å². The molecule has 5 heteroatoms. The molecule has 1 atom stereocenters. The van der Waals surface area contributed by atoms with Crippen molar-refractivity contribution < 1.29 is 4.79 Å². The molecule has 1 saturated heterocycles. The zero-order valence-corrected chi connectivity index (χ0v) is 18.6. The highest BCUT2D eigenvalue weighted by molar-refractivity contribution is 7.18. The van der Waals surface area contributed by atoms with Gasteiger partial charge in [0.15, 0.2) is 0 Å². The molecule has 5 rings (SSSR count). The number of benzene rings is 2. The Bertz CT molecular complexity index is 1080. The zero-order chi connectivity index (χ0) is 20.7. The standard InChI is InChI=1S/C25H29N3OS/c1-3-28-14-12-18(13-15-28)25-27-22-11-9-19(16(2)23(22)30-25)24(29)26-21-10-8-17-6-4-5-7-20(17)21/h4-7,9,11,18,21H,3,8,10,12-15H2,1-2H3,(H,26,29). The minimum atomic E-state index is 0.0299. The summed E-state index contributed by atoms with van der Waals surface area (Å²) >= 11 is 1.79. The number of aromatic nitrogens is 1. The molecule has 4 nitrogen and oxygen atoms in total. The lowest BCUT2D eigenvalue weighted by Crippen LogP contribution is -2.32. The van der Waals surface area contributed by atoms with E-state index in [1.807, 2.05) is 12.1 Å². The second kappa shape index (κ2) is 8.12. The predicted octanol–water partition coefficient (Wildman–Crippen LogP) is 5.22. The fourth-order valence-corrected chi connectivity index (χ4v) is 6.24. The zero-order valence-electron chi connectivity index (χ0n) is 17.8. The lowest BCUT2D eigenvalue weighted by Gasteiger charge is -2.29. The Morgan fingerprint density at radius 2 is 1.97 bits per heavy atom. The van der Waals surface area contributed by atoms with Crippen molar-refractivity contribution in [2.75, 3.05) is 19.6 Å². The first-order valence-electron chi connectivity index (χ1n) is 11.1. The van der Waals surface area contributed by atoms with Gasteiger partial charge < -0.3 is 10.2 Å². The number of nitrogens with zero attached hydrogens (tertiary/aromatic N) is 2. The van der Waals surface area contributed by atoms with Gasteiger partial charge in [-0.1, -0.05) is 31.2 Å². The first-order chi connectivity index (χ1) is 14.6. The number of amides is 1. The minimum Gasteiger partial charge on any atom is -0.345 e. The number of likely N-dealkylation sites (tertiary alicyclic amines) is 1. The molecule has 2 heterocycles. The van der Waals surface area contributed by atoms with Crippen LogP contribution in [0.1, 0.15) is 70.2 Å². The molecule has 1 aromatic heterocycles. The maximum Gasteiger partial charge on any atom is 0.252 e. The SMILES string of the molecule is CCN1CCC(c2nc3ccc(C(=O)NC4CCc5ccccc54)c(C)c3s2)CC1. The number of hydrogen-bond donors (Lipinski definition) is 1. The van der Waals surface area contributed by atoms with Crippen LogP contribution in [0.4, 0.5) is 0 Å². The number of piperidine rings is 1. The van der Waals surface area contributed by atoms with E-state index in [1.54, 1.807) is 11.3 Å². The molecule has 0 bridgehead atoms. The third kappa shape index (κ3) is 3.54. The van der Waals surface area contributed by atoms with Gasteiger partial charge in [-0.25, -0.2) is 4.98 Å². The van der Waals surface area contributed by atoms with Gasteiger partial charge in [-0.15, -0.1) is 11.3 Å². The van der Waals surface area contributed by atoms with Crippen LogP contribution in [0.25, 0.3) is 10.2 Å². The highest BCUT2D eigenvalue weighted by Gasteiger charge is 2.26. The van der Waals surface area contributed by atoms with E-state index < -0.39 is 0 Å². The molecular weight excluding hydrogens is 390 g/mol. The van der Waals surface area contributed by atoms with Gasteiger partial charge in [0.2, 0.25) is 0 Å². The van der Waals surface area contributed by atoms with Gasteiger partial charge in [-0.05, 0) is 81.1 Å². The Morgan fingerprint density at radius 1 is 1.17 bits per heavy atom. The van der Waals surface area contributed by atoms with Crippen LogP contribution in [-0.2, 0) is 6.42 Å². The molecule has 2 aliphatic rings. The number of hydrogen-bond acceptors (Lipinski definition) is 4. The van der Waals surface area contributed by atoms with Crippen LogP contribution in [0.5, 0.6) is 0 Å². The summed E-state index contributed by atoms with van der Waals surface area (Å²) in [5.41, 5.74) is 5.50. The van der Waals surface area contributed by atoms with E-state index in [0.29, 0.717) is 5.92 Å². The number of nitrogens with one attached hydrogen (secondary N) is 1.